The van der Waals surface area contributed by atoms with Crippen LogP contribution in [0.15, 0.2) is 5.34 Å². The maximum Gasteiger partial charge on any atom is 0 e. The average molecular weight is 220 g/mol. The van der Waals surface area contributed by atoms with Crippen molar-refractivity contribution in [3.8, 4) is 0 Å². The summed E-state index contributed by atoms with van der Waals surface area (Å²) in [5.41, 5.74) is 0.431. The Bertz CT molecular complexity index is 70.6. The van der Waals surface area contributed by atoms with E-state index >= 15 is 0 Å². The minimum absolute atomic E-state index is 0. The predicted octanol–water partition coefficient (Wildman–Crippen LogP) is 2.50. The maximum atomic E-state index is 8.00. The third-order valence-corrected chi connectivity index (χ3v) is 0.750. The second-order valence-electron chi connectivity index (χ2n) is 2.89. The molecule has 0 fully saturated rings. The molecule has 0 spiro atoms. The van der Waals surface area contributed by atoms with Crippen LogP contribution in [0.1, 0.15) is 27.2 Å². The molecule has 0 saturated heterocycles. The zero-order chi connectivity index (χ0) is 7.91. The summed E-state index contributed by atoms with van der Waals surface area (Å²) in [5.74, 6) is 0. The summed E-state index contributed by atoms with van der Waals surface area (Å²) in [7, 11) is 0. The molecule has 3 nitrogen and oxygen atoms in total. The Morgan fingerprint density at radius 1 is 1.50 bits per heavy atom. The quantitative estimate of drug-likeness (QED) is 0.357. The Morgan fingerprint density at radius 2 is 1.60 bits per heavy atom. The smallest absolute Gasteiger partial charge is 0 e. The van der Waals surface area contributed by atoms with Crippen molar-refractivity contribution in [3.63, 3.8) is 0 Å². The van der Waals surface area contributed by atoms with E-state index in [0.717, 1.165) is 11.8 Å². The number of hydrogen-bond acceptors (Lipinski definition) is 3. The summed E-state index contributed by atoms with van der Waals surface area (Å²) in [5, 5.41) is 9.00. The summed E-state index contributed by atoms with van der Waals surface area (Å²) in [6, 6.07) is 0. The summed E-state index contributed by atoms with van der Waals surface area (Å²) < 4.78 is 0. The van der Waals surface area contributed by atoms with Crippen LogP contribution in [0.5, 0.6) is 0 Å². The van der Waals surface area contributed by atoms with E-state index in [1.165, 1.54) is 0 Å². The topological polar surface area (TPSA) is 52.5 Å². The third-order valence-electron chi connectivity index (χ3n) is 0.750. The van der Waals surface area contributed by atoms with Gasteiger partial charge in [-0.05, 0) is 0 Å². The van der Waals surface area contributed by atoms with Crippen LogP contribution in [0.3, 0.4) is 0 Å². The van der Waals surface area contributed by atoms with Gasteiger partial charge >= 0.3 is 0 Å². The van der Waals surface area contributed by atoms with E-state index in [2.05, 4.69) is 27.7 Å². The molecule has 0 aliphatic rings. The zero-order valence-electron chi connectivity index (χ0n) is 6.76. The van der Waals surface area contributed by atoms with E-state index in [4.69, 9.17) is 10.1 Å². The number of hydrogen-bond donors (Lipinski definition) is 0. The summed E-state index contributed by atoms with van der Waals surface area (Å²) >= 11 is 0. The van der Waals surface area contributed by atoms with Crippen LogP contribution in [0.25, 0.3) is 0 Å². The first-order valence-electron chi connectivity index (χ1n) is 2.72. The molecular weight excluding hydrogens is 207 g/mol. The molecule has 0 aromatic rings. The van der Waals surface area contributed by atoms with Gasteiger partial charge in [0.2, 0.25) is 0 Å². The van der Waals surface area contributed by atoms with Gasteiger partial charge in [0.1, 0.15) is 0 Å². The van der Waals surface area contributed by atoms with Crippen LogP contribution in [0, 0.1) is 22.5 Å². The van der Waals surface area contributed by atoms with E-state index in [1.807, 2.05) is 0 Å². The Labute approximate surface area is 87.4 Å². The van der Waals surface area contributed by atoms with E-state index in [9.17, 15) is 0 Å². The van der Waals surface area contributed by atoms with Gasteiger partial charge in [-0.3, -0.25) is 0 Å². The fraction of sp³-hybridized carbons (Fsp3) is 0.833. The van der Waals surface area contributed by atoms with Gasteiger partial charge in [0, 0.05) is 32.7 Å². The largest absolute Gasteiger partial charge is 0.444 e. The Kier molecular flexibility index (Phi) is 16.0. The van der Waals surface area contributed by atoms with E-state index in [1.54, 1.807) is 0 Å². The molecule has 0 aliphatic heterocycles. The molecule has 0 atom stereocenters. The Hall–Kier alpha value is 0.504. The van der Waals surface area contributed by atoms with Gasteiger partial charge in [-0.2, -0.15) is 6.42 Å². The van der Waals surface area contributed by atoms with Gasteiger partial charge < -0.3 is 17.0 Å². The molecular formula is C6H13NO2Y-2. The van der Waals surface area contributed by atoms with Gasteiger partial charge in [0.05, 0.1) is 0 Å². The third kappa shape index (κ3) is 39.0. The van der Waals surface area contributed by atoms with Crippen molar-refractivity contribution in [3.05, 3.63) is 17.0 Å². The fourth-order valence-electron chi connectivity index (χ4n) is 0. The maximum absolute atomic E-state index is 8.00. The van der Waals surface area contributed by atoms with Gasteiger partial charge in [-0.15, -0.1) is 5.34 Å². The minimum atomic E-state index is 0. The van der Waals surface area contributed by atoms with Crippen molar-refractivity contribution in [1.29, 1.82) is 0 Å². The van der Waals surface area contributed by atoms with Crippen molar-refractivity contribution < 1.29 is 32.7 Å². The molecule has 0 heterocycles. The fourth-order valence-corrected chi connectivity index (χ4v) is 0. The van der Waals surface area contributed by atoms with E-state index in [0.29, 0.717) is 5.41 Å². The molecule has 0 rings (SSSR count). The number of nitrogens with zero attached hydrogens (tertiary/aromatic N) is 1. The predicted molar refractivity (Wildman–Crippen MR) is 38.6 cm³/mol. The van der Waals surface area contributed by atoms with E-state index in [-0.39, 0.29) is 32.7 Å². The molecule has 0 aromatic carbocycles. The first-order chi connectivity index (χ1) is 3.97. The molecule has 0 aromatic heterocycles. The normalized spacial score (nSPS) is 8.40. The standard InChI is InChI=1S/C6H13.HNO2.Y/c1-5-6(2,3)4;2-1-3;/h1,5H2,2-4H3;(H,2,3);/q-1;;/p-1. The van der Waals surface area contributed by atoms with Gasteiger partial charge in [0.25, 0.3) is 0 Å². The van der Waals surface area contributed by atoms with Crippen molar-refractivity contribution >= 4 is 0 Å². The first kappa shape index (κ1) is 16.8. The minimum Gasteiger partial charge on any atom is -0.444 e. The molecule has 10 heavy (non-hydrogen) atoms. The number of rotatable bonds is 0. The van der Waals surface area contributed by atoms with Crippen molar-refractivity contribution in [2.24, 2.45) is 10.8 Å². The van der Waals surface area contributed by atoms with Crippen LogP contribution >= 0.6 is 0 Å². The zero-order valence-corrected chi connectivity index (χ0v) is 9.59. The second-order valence-corrected chi connectivity index (χ2v) is 2.89. The van der Waals surface area contributed by atoms with E-state index < -0.39 is 0 Å². The summed E-state index contributed by atoms with van der Waals surface area (Å²) in [4.78, 5) is 8.00. The van der Waals surface area contributed by atoms with Gasteiger partial charge in [-0.1, -0.05) is 26.2 Å². The molecule has 4 heteroatoms. The molecule has 0 bridgehead atoms. The van der Waals surface area contributed by atoms with Crippen molar-refractivity contribution in [2.45, 2.75) is 27.2 Å². The SMILES string of the molecule is O=N[O-].[CH2-]CC(C)(C)C.[Y]. The molecule has 59 valence electrons. The van der Waals surface area contributed by atoms with Crippen LogP contribution in [0.2, 0.25) is 0 Å². The molecule has 0 amide bonds. The summed E-state index contributed by atoms with van der Waals surface area (Å²) in [6.07, 6.45) is 1.02. The van der Waals surface area contributed by atoms with Crippen molar-refractivity contribution in [1.82, 2.24) is 0 Å². The summed E-state index contributed by atoms with van der Waals surface area (Å²) in [6.45, 7) is 10.3. The van der Waals surface area contributed by atoms with Crippen LogP contribution < -0.4 is 0 Å². The Balaban J connectivity index is -0.000000107. The molecule has 1 radical (unpaired) electrons. The van der Waals surface area contributed by atoms with Gasteiger partial charge in [0.15, 0.2) is 0 Å². The van der Waals surface area contributed by atoms with Crippen molar-refractivity contribution in [2.75, 3.05) is 0 Å². The van der Waals surface area contributed by atoms with Crippen LogP contribution in [0.4, 0.5) is 0 Å². The van der Waals surface area contributed by atoms with Gasteiger partial charge in [-0.25, -0.2) is 0 Å². The molecule has 0 aliphatic carbocycles. The van der Waals surface area contributed by atoms with Crippen LogP contribution in [-0.2, 0) is 32.7 Å². The molecule has 0 saturated carbocycles. The first-order valence-corrected chi connectivity index (χ1v) is 2.72. The average Bonchev–Trinajstić information content (AvgIpc) is 1.67. The Morgan fingerprint density at radius 3 is 1.60 bits per heavy atom. The monoisotopic (exact) mass is 220 g/mol. The van der Waals surface area contributed by atoms with Crippen LogP contribution in [-0.4, -0.2) is 0 Å². The molecule has 0 N–H and O–H groups in total. The second kappa shape index (κ2) is 9.50. The molecule has 0 unspecified atom stereocenters.